The summed E-state index contributed by atoms with van der Waals surface area (Å²) in [4.78, 5) is 15.8. The number of furan rings is 1. The van der Waals surface area contributed by atoms with E-state index < -0.39 is 30.2 Å². The molecule has 9 heteroatoms. The fourth-order valence-electron chi connectivity index (χ4n) is 1.85. The number of carbonyl (C=O) groups excluding carboxylic acids is 1. The Kier molecular flexibility index (Phi) is 5.13. The Labute approximate surface area is 135 Å². The minimum absolute atomic E-state index is 0.169. The molecule has 2 rings (SSSR count). The number of nitrogens with one attached hydrogen (secondary N) is 1. The van der Waals surface area contributed by atoms with Crippen LogP contribution in [0.4, 0.5) is 13.2 Å². The normalized spacial score (nSPS) is 14.0. The van der Waals surface area contributed by atoms with Crippen molar-refractivity contribution in [3.05, 3.63) is 48.0 Å². The minimum atomic E-state index is -4.55. The SMILES string of the molecule is CC(O)(CNC(=O)c1cccnc1OCC(F)(F)F)c1ccco1. The molecule has 2 N–H and O–H groups in total. The Morgan fingerprint density at radius 3 is 2.75 bits per heavy atom. The zero-order valence-corrected chi connectivity index (χ0v) is 12.6. The second-order valence-corrected chi connectivity index (χ2v) is 5.19. The number of hydrogen-bond donors (Lipinski definition) is 2. The number of ether oxygens (including phenoxy) is 1. The number of amides is 1. The summed E-state index contributed by atoms with van der Waals surface area (Å²) in [5.74, 6) is -0.931. The molecule has 2 aromatic heterocycles. The highest BCUT2D eigenvalue weighted by molar-refractivity contribution is 5.96. The fraction of sp³-hybridized carbons (Fsp3) is 0.333. The van der Waals surface area contributed by atoms with Gasteiger partial charge in [0.2, 0.25) is 5.88 Å². The maximum Gasteiger partial charge on any atom is 0.422 e. The minimum Gasteiger partial charge on any atom is -0.467 e. The lowest BCUT2D eigenvalue weighted by atomic mass is 10.0. The van der Waals surface area contributed by atoms with Gasteiger partial charge in [0.1, 0.15) is 16.9 Å². The molecule has 1 amide bonds. The molecule has 0 aromatic carbocycles. The van der Waals surface area contributed by atoms with Crippen LogP contribution in [0.25, 0.3) is 0 Å². The summed E-state index contributed by atoms with van der Waals surface area (Å²) >= 11 is 0. The molecule has 0 radical (unpaired) electrons. The fourth-order valence-corrected chi connectivity index (χ4v) is 1.85. The number of pyridine rings is 1. The lowest BCUT2D eigenvalue weighted by molar-refractivity contribution is -0.154. The molecule has 0 saturated carbocycles. The van der Waals surface area contributed by atoms with E-state index in [1.54, 1.807) is 6.07 Å². The van der Waals surface area contributed by atoms with Crippen LogP contribution in [0.5, 0.6) is 5.88 Å². The molecular weight excluding hydrogens is 329 g/mol. The third-order valence-corrected chi connectivity index (χ3v) is 3.03. The lowest BCUT2D eigenvalue weighted by Gasteiger charge is -2.21. The van der Waals surface area contributed by atoms with Gasteiger partial charge < -0.3 is 19.6 Å². The van der Waals surface area contributed by atoms with Gasteiger partial charge in [-0.3, -0.25) is 4.79 Å². The molecule has 6 nitrogen and oxygen atoms in total. The van der Waals surface area contributed by atoms with Gasteiger partial charge in [-0.25, -0.2) is 4.98 Å². The number of alkyl halides is 3. The highest BCUT2D eigenvalue weighted by atomic mass is 19.4. The van der Waals surface area contributed by atoms with Crippen molar-refractivity contribution >= 4 is 5.91 Å². The molecule has 0 fully saturated rings. The summed E-state index contributed by atoms with van der Waals surface area (Å²) in [6.07, 6.45) is -1.97. The van der Waals surface area contributed by atoms with Crippen LogP contribution in [0.1, 0.15) is 23.0 Å². The molecule has 2 heterocycles. The molecule has 1 unspecified atom stereocenters. The quantitative estimate of drug-likeness (QED) is 0.840. The van der Waals surface area contributed by atoms with Crippen molar-refractivity contribution in [2.75, 3.05) is 13.2 Å². The van der Waals surface area contributed by atoms with Crippen LogP contribution in [-0.2, 0) is 5.60 Å². The Bertz CT molecular complexity index is 684. The first-order chi connectivity index (χ1) is 11.2. The number of nitrogens with zero attached hydrogens (tertiary/aromatic N) is 1. The molecular formula is C15H15F3N2O4. The van der Waals surface area contributed by atoms with Crippen LogP contribution in [0, 0.1) is 0 Å². The van der Waals surface area contributed by atoms with Gasteiger partial charge in [-0.1, -0.05) is 0 Å². The standard InChI is InChI=1S/C15H15F3N2O4/c1-14(22,11-5-3-7-23-11)8-20-12(21)10-4-2-6-19-13(10)24-9-15(16,17)18/h2-7,22H,8-9H2,1H3,(H,20,21). The number of aromatic nitrogens is 1. The van der Waals surface area contributed by atoms with Gasteiger partial charge in [-0.15, -0.1) is 0 Å². The van der Waals surface area contributed by atoms with E-state index >= 15 is 0 Å². The van der Waals surface area contributed by atoms with Gasteiger partial charge in [0.05, 0.1) is 12.8 Å². The molecule has 1 atom stereocenters. The smallest absolute Gasteiger partial charge is 0.422 e. The maximum atomic E-state index is 12.2. The largest absolute Gasteiger partial charge is 0.467 e. The Morgan fingerprint density at radius 2 is 2.12 bits per heavy atom. The molecule has 0 saturated heterocycles. The van der Waals surface area contributed by atoms with Gasteiger partial charge >= 0.3 is 6.18 Å². The van der Waals surface area contributed by atoms with Crippen molar-refractivity contribution in [2.24, 2.45) is 0 Å². The Morgan fingerprint density at radius 1 is 1.38 bits per heavy atom. The predicted molar refractivity (Wildman–Crippen MR) is 76.4 cm³/mol. The van der Waals surface area contributed by atoms with E-state index in [1.807, 2.05) is 0 Å². The van der Waals surface area contributed by atoms with Gasteiger partial charge in [-0.2, -0.15) is 13.2 Å². The predicted octanol–water partition coefficient (Wildman–Crippen LogP) is 2.25. The molecule has 130 valence electrons. The van der Waals surface area contributed by atoms with Crippen molar-refractivity contribution in [1.29, 1.82) is 0 Å². The third kappa shape index (κ3) is 4.72. The highest BCUT2D eigenvalue weighted by Gasteiger charge is 2.30. The van der Waals surface area contributed by atoms with E-state index in [1.165, 1.54) is 37.6 Å². The lowest BCUT2D eigenvalue weighted by Crippen LogP contribution is -2.38. The van der Waals surface area contributed by atoms with Crippen molar-refractivity contribution in [3.63, 3.8) is 0 Å². The average molecular weight is 344 g/mol. The van der Waals surface area contributed by atoms with Crippen molar-refractivity contribution in [1.82, 2.24) is 10.3 Å². The highest BCUT2D eigenvalue weighted by Crippen LogP contribution is 2.22. The molecule has 0 spiro atoms. The van der Waals surface area contributed by atoms with E-state index in [9.17, 15) is 23.1 Å². The van der Waals surface area contributed by atoms with Crippen molar-refractivity contribution < 1.29 is 32.2 Å². The van der Waals surface area contributed by atoms with Gasteiger partial charge in [0.25, 0.3) is 5.91 Å². The molecule has 24 heavy (non-hydrogen) atoms. The van der Waals surface area contributed by atoms with Gasteiger partial charge in [0, 0.05) is 6.20 Å². The van der Waals surface area contributed by atoms with Gasteiger partial charge in [0.15, 0.2) is 6.61 Å². The summed E-state index contributed by atoms with van der Waals surface area (Å²) in [6.45, 7) is -0.349. The molecule has 0 aliphatic heterocycles. The van der Waals surface area contributed by atoms with E-state index in [0.29, 0.717) is 0 Å². The Balaban J connectivity index is 2.05. The number of rotatable bonds is 6. The number of aliphatic hydroxyl groups is 1. The number of hydrogen-bond acceptors (Lipinski definition) is 5. The summed E-state index contributed by atoms with van der Waals surface area (Å²) in [5.41, 5.74) is -1.65. The van der Waals surface area contributed by atoms with E-state index in [2.05, 4.69) is 15.0 Å². The topological polar surface area (TPSA) is 84.6 Å². The maximum absolute atomic E-state index is 12.2. The van der Waals surface area contributed by atoms with Crippen LogP contribution in [0.2, 0.25) is 0 Å². The Hall–Kier alpha value is -2.55. The van der Waals surface area contributed by atoms with Crippen LogP contribution in [0.3, 0.4) is 0 Å². The first-order valence-corrected chi connectivity index (χ1v) is 6.88. The van der Waals surface area contributed by atoms with Crippen LogP contribution in [0.15, 0.2) is 41.1 Å². The first kappa shape index (κ1) is 17.8. The van der Waals surface area contributed by atoms with Crippen molar-refractivity contribution in [3.8, 4) is 5.88 Å². The first-order valence-electron chi connectivity index (χ1n) is 6.88. The summed E-state index contributed by atoms with van der Waals surface area (Å²) in [5, 5.41) is 12.7. The molecule has 2 aromatic rings. The van der Waals surface area contributed by atoms with E-state index in [4.69, 9.17) is 4.42 Å². The number of halogens is 3. The van der Waals surface area contributed by atoms with Crippen LogP contribution in [-0.4, -0.2) is 35.3 Å². The molecule has 0 aliphatic rings. The van der Waals surface area contributed by atoms with Crippen LogP contribution >= 0.6 is 0 Å². The monoisotopic (exact) mass is 344 g/mol. The summed E-state index contributed by atoms with van der Waals surface area (Å²) in [6, 6.07) is 5.78. The second kappa shape index (κ2) is 6.91. The second-order valence-electron chi connectivity index (χ2n) is 5.19. The average Bonchev–Trinajstić information content (AvgIpc) is 3.05. The summed E-state index contributed by atoms with van der Waals surface area (Å²) < 4.78 is 46.3. The van der Waals surface area contributed by atoms with Gasteiger partial charge in [-0.05, 0) is 31.2 Å². The molecule has 0 bridgehead atoms. The summed E-state index contributed by atoms with van der Waals surface area (Å²) in [7, 11) is 0. The zero-order valence-electron chi connectivity index (χ0n) is 12.6. The van der Waals surface area contributed by atoms with Crippen molar-refractivity contribution in [2.45, 2.75) is 18.7 Å². The number of carbonyl (C=O) groups is 1. The van der Waals surface area contributed by atoms with Crippen LogP contribution < -0.4 is 10.1 Å². The molecule has 0 aliphatic carbocycles. The zero-order chi connectivity index (χ0) is 17.8. The third-order valence-electron chi connectivity index (χ3n) is 3.03. The van der Waals surface area contributed by atoms with E-state index in [0.717, 1.165) is 0 Å². The van der Waals surface area contributed by atoms with E-state index in [-0.39, 0.29) is 17.9 Å².